The fraction of sp³-hybridized carbons (Fsp3) is 0.333. The van der Waals surface area contributed by atoms with Crippen molar-refractivity contribution in [2.24, 2.45) is 0 Å². The number of aliphatic hydroxyl groups is 1. The maximum absolute atomic E-state index is 10.4. The summed E-state index contributed by atoms with van der Waals surface area (Å²) in [6.45, 7) is 5.89. The van der Waals surface area contributed by atoms with Gasteiger partial charge in [-0.15, -0.1) is 11.3 Å². The van der Waals surface area contributed by atoms with E-state index in [-0.39, 0.29) is 6.10 Å². The minimum absolute atomic E-state index is 0.116. The first-order valence-electron chi connectivity index (χ1n) is 6.18. The Morgan fingerprint density at radius 1 is 1.26 bits per heavy atom. The van der Waals surface area contributed by atoms with Crippen molar-refractivity contribution in [2.75, 3.05) is 0 Å². The molecule has 2 nitrogen and oxygen atoms in total. The summed E-state index contributed by atoms with van der Waals surface area (Å²) in [5, 5.41) is 10.4. The van der Waals surface area contributed by atoms with Gasteiger partial charge in [-0.2, -0.15) is 0 Å². The van der Waals surface area contributed by atoms with Crippen LogP contribution in [-0.4, -0.2) is 11.2 Å². The largest absolute Gasteiger partial charge is 0.491 e. The molecule has 0 saturated carbocycles. The summed E-state index contributed by atoms with van der Waals surface area (Å²) < 4.78 is 6.36. The fourth-order valence-corrected chi connectivity index (χ4v) is 3.04. The Morgan fingerprint density at radius 3 is 2.58 bits per heavy atom. The molecule has 102 valence electrons. The molecule has 2 aromatic rings. The van der Waals surface area contributed by atoms with Crippen LogP contribution in [0.5, 0.6) is 5.75 Å². The summed E-state index contributed by atoms with van der Waals surface area (Å²) in [6, 6.07) is 9.46. The van der Waals surface area contributed by atoms with Crippen LogP contribution in [0.1, 0.15) is 36.0 Å². The van der Waals surface area contributed by atoms with Crippen LogP contribution >= 0.6 is 22.9 Å². The minimum atomic E-state index is -0.660. The molecule has 0 saturated heterocycles. The second-order valence-corrected chi connectivity index (χ2v) is 6.43. The van der Waals surface area contributed by atoms with Gasteiger partial charge in [-0.25, -0.2) is 0 Å². The molecule has 1 heterocycles. The van der Waals surface area contributed by atoms with Gasteiger partial charge in [0.1, 0.15) is 11.9 Å². The number of thiophene rings is 1. The average molecular weight is 297 g/mol. The van der Waals surface area contributed by atoms with E-state index in [0.29, 0.717) is 0 Å². The van der Waals surface area contributed by atoms with Gasteiger partial charge in [-0.3, -0.25) is 0 Å². The Hall–Kier alpha value is -1.03. The van der Waals surface area contributed by atoms with Crippen molar-refractivity contribution < 1.29 is 9.84 Å². The third-order valence-corrected chi connectivity index (χ3v) is 4.30. The van der Waals surface area contributed by atoms with Crippen molar-refractivity contribution in [1.29, 1.82) is 0 Å². The van der Waals surface area contributed by atoms with Gasteiger partial charge in [0.15, 0.2) is 0 Å². The van der Waals surface area contributed by atoms with Crippen LogP contribution < -0.4 is 4.74 Å². The molecule has 1 aromatic heterocycles. The molecule has 1 atom stereocenters. The number of aryl methyl sites for hydroxylation is 1. The first-order valence-corrected chi connectivity index (χ1v) is 7.37. The second-order valence-electron chi connectivity index (χ2n) is 4.75. The molecule has 0 aliphatic heterocycles. The number of ether oxygens (including phenoxy) is 1. The molecule has 0 radical (unpaired) electrons. The molecule has 0 fully saturated rings. The van der Waals surface area contributed by atoms with E-state index in [4.69, 9.17) is 16.3 Å². The van der Waals surface area contributed by atoms with Crippen molar-refractivity contribution in [3.63, 3.8) is 0 Å². The maximum Gasteiger partial charge on any atom is 0.120 e. The second kappa shape index (κ2) is 5.95. The summed E-state index contributed by atoms with van der Waals surface area (Å²) in [5.41, 5.74) is 1.81. The lowest BCUT2D eigenvalue weighted by Crippen LogP contribution is -2.06. The van der Waals surface area contributed by atoms with E-state index in [0.717, 1.165) is 26.1 Å². The predicted molar refractivity (Wildman–Crippen MR) is 80.3 cm³/mol. The third kappa shape index (κ3) is 3.50. The highest BCUT2D eigenvalue weighted by molar-refractivity contribution is 7.16. The molecule has 4 heteroatoms. The molecule has 0 amide bonds. The van der Waals surface area contributed by atoms with E-state index in [1.807, 2.05) is 51.1 Å². The van der Waals surface area contributed by atoms with Gasteiger partial charge < -0.3 is 9.84 Å². The molecule has 1 aromatic carbocycles. The number of halogens is 1. The number of benzene rings is 1. The highest BCUT2D eigenvalue weighted by Gasteiger charge is 2.15. The fourth-order valence-electron chi connectivity index (χ4n) is 1.81. The Kier molecular flexibility index (Phi) is 4.50. The van der Waals surface area contributed by atoms with Crippen molar-refractivity contribution in [2.45, 2.75) is 33.0 Å². The topological polar surface area (TPSA) is 29.5 Å². The Labute approximate surface area is 122 Å². The van der Waals surface area contributed by atoms with Crippen molar-refractivity contribution >= 4 is 22.9 Å². The van der Waals surface area contributed by atoms with Crippen LogP contribution in [0.4, 0.5) is 0 Å². The number of hydrogen-bond acceptors (Lipinski definition) is 3. The van der Waals surface area contributed by atoms with Crippen LogP contribution in [-0.2, 0) is 0 Å². The van der Waals surface area contributed by atoms with Gasteiger partial charge >= 0.3 is 0 Å². The van der Waals surface area contributed by atoms with E-state index in [1.165, 1.54) is 11.3 Å². The van der Waals surface area contributed by atoms with Crippen LogP contribution in [0.2, 0.25) is 4.34 Å². The minimum Gasteiger partial charge on any atom is -0.491 e. The van der Waals surface area contributed by atoms with Gasteiger partial charge in [0.25, 0.3) is 0 Å². The van der Waals surface area contributed by atoms with E-state index in [9.17, 15) is 5.11 Å². The molecule has 1 N–H and O–H groups in total. The van der Waals surface area contributed by atoms with Gasteiger partial charge in [0.2, 0.25) is 0 Å². The van der Waals surface area contributed by atoms with E-state index in [1.54, 1.807) is 0 Å². The van der Waals surface area contributed by atoms with Gasteiger partial charge in [0.05, 0.1) is 10.4 Å². The zero-order valence-corrected chi connectivity index (χ0v) is 12.8. The molecule has 0 spiro atoms. The zero-order chi connectivity index (χ0) is 14.0. The first kappa shape index (κ1) is 14.4. The third-order valence-electron chi connectivity index (χ3n) is 2.69. The number of aliphatic hydroxyl groups excluding tert-OH is 1. The quantitative estimate of drug-likeness (QED) is 0.895. The summed E-state index contributed by atoms with van der Waals surface area (Å²) in [5.74, 6) is 0.769. The summed E-state index contributed by atoms with van der Waals surface area (Å²) in [4.78, 5) is 0.851. The SMILES string of the molecule is Cc1cc(C(O)c2cccc(OC(C)C)c2)sc1Cl. The molecular formula is C15H17ClO2S. The van der Waals surface area contributed by atoms with E-state index >= 15 is 0 Å². The van der Waals surface area contributed by atoms with Gasteiger partial charge in [0, 0.05) is 4.88 Å². The smallest absolute Gasteiger partial charge is 0.120 e. The predicted octanol–water partition coefficient (Wildman–Crippen LogP) is 4.58. The molecule has 0 aliphatic rings. The Balaban J connectivity index is 2.25. The number of hydrogen-bond donors (Lipinski definition) is 1. The van der Waals surface area contributed by atoms with Gasteiger partial charge in [-0.1, -0.05) is 23.7 Å². The lowest BCUT2D eigenvalue weighted by Gasteiger charge is -2.13. The monoisotopic (exact) mass is 296 g/mol. The standard InChI is InChI=1S/C15H17ClO2S/c1-9(2)18-12-6-4-5-11(8-12)14(17)13-7-10(3)15(16)19-13/h4-9,14,17H,1-3H3. The van der Waals surface area contributed by atoms with Crippen LogP contribution in [0, 0.1) is 6.92 Å². The lowest BCUT2D eigenvalue weighted by atomic mass is 10.1. The Morgan fingerprint density at radius 2 is 2.00 bits per heavy atom. The lowest BCUT2D eigenvalue weighted by molar-refractivity contribution is 0.219. The molecule has 0 aliphatic carbocycles. The zero-order valence-electron chi connectivity index (χ0n) is 11.2. The molecule has 0 bridgehead atoms. The highest BCUT2D eigenvalue weighted by atomic mass is 35.5. The number of rotatable bonds is 4. The summed E-state index contributed by atoms with van der Waals surface area (Å²) in [6.07, 6.45) is -0.544. The summed E-state index contributed by atoms with van der Waals surface area (Å²) >= 11 is 7.46. The van der Waals surface area contributed by atoms with Crippen LogP contribution in [0.25, 0.3) is 0 Å². The van der Waals surface area contributed by atoms with Crippen LogP contribution in [0.15, 0.2) is 30.3 Å². The molecule has 19 heavy (non-hydrogen) atoms. The first-order chi connectivity index (χ1) is 8.97. The van der Waals surface area contributed by atoms with E-state index < -0.39 is 6.10 Å². The van der Waals surface area contributed by atoms with Gasteiger partial charge in [-0.05, 0) is 50.1 Å². The normalized spacial score (nSPS) is 12.7. The van der Waals surface area contributed by atoms with Crippen molar-refractivity contribution in [3.05, 3.63) is 50.7 Å². The molecule has 1 unspecified atom stereocenters. The molecular weight excluding hydrogens is 280 g/mol. The average Bonchev–Trinajstić information content (AvgIpc) is 2.68. The summed E-state index contributed by atoms with van der Waals surface area (Å²) in [7, 11) is 0. The van der Waals surface area contributed by atoms with E-state index in [2.05, 4.69) is 0 Å². The highest BCUT2D eigenvalue weighted by Crippen LogP contribution is 2.34. The van der Waals surface area contributed by atoms with Crippen molar-refractivity contribution in [1.82, 2.24) is 0 Å². The van der Waals surface area contributed by atoms with Crippen molar-refractivity contribution in [3.8, 4) is 5.75 Å². The molecule has 2 rings (SSSR count). The maximum atomic E-state index is 10.4. The Bertz CT molecular complexity index is 544. The van der Waals surface area contributed by atoms with Crippen LogP contribution in [0.3, 0.4) is 0 Å².